The van der Waals surface area contributed by atoms with E-state index >= 15 is 0 Å². The van der Waals surface area contributed by atoms with Crippen molar-refractivity contribution in [3.05, 3.63) is 24.0 Å². The van der Waals surface area contributed by atoms with E-state index in [4.69, 9.17) is 5.11 Å². The van der Waals surface area contributed by atoms with Crippen LogP contribution in [0.5, 0.6) is 0 Å². The molecule has 0 fully saturated rings. The predicted octanol–water partition coefficient (Wildman–Crippen LogP) is 1.17. The van der Waals surface area contributed by atoms with Crippen LogP contribution < -0.4 is 0 Å². The van der Waals surface area contributed by atoms with Crippen LogP contribution in [0.1, 0.15) is 25.5 Å². The number of aliphatic hydroxyl groups excluding tert-OH is 2. The van der Waals surface area contributed by atoms with E-state index in [1.165, 1.54) is 0 Å². The highest BCUT2D eigenvalue weighted by Crippen LogP contribution is 2.12. The first-order chi connectivity index (χ1) is 6.13. The van der Waals surface area contributed by atoms with Gasteiger partial charge >= 0.3 is 0 Å². The van der Waals surface area contributed by atoms with Crippen molar-refractivity contribution in [1.29, 1.82) is 0 Å². The van der Waals surface area contributed by atoms with Gasteiger partial charge in [-0.2, -0.15) is 0 Å². The standard InChI is InChI=1S/C10H17NO2/c1-8(7-12)5-11-4-3-10(6-11)9(2)13/h3-4,6,8-9,12-13H,5,7H2,1-2H3. The fraction of sp³-hybridized carbons (Fsp3) is 0.600. The molecule has 1 aromatic rings. The number of aromatic nitrogens is 1. The second kappa shape index (κ2) is 4.44. The molecule has 0 saturated heterocycles. The molecule has 3 heteroatoms. The number of rotatable bonds is 4. The number of hydrogen-bond donors (Lipinski definition) is 2. The van der Waals surface area contributed by atoms with Gasteiger partial charge in [-0.1, -0.05) is 6.92 Å². The molecule has 1 rings (SSSR count). The summed E-state index contributed by atoms with van der Waals surface area (Å²) >= 11 is 0. The third-order valence-corrected chi connectivity index (χ3v) is 2.09. The van der Waals surface area contributed by atoms with Gasteiger partial charge in [0.2, 0.25) is 0 Å². The fourth-order valence-corrected chi connectivity index (χ4v) is 1.24. The molecule has 1 heterocycles. The summed E-state index contributed by atoms with van der Waals surface area (Å²) in [4.78, 5) is 0. The summed E-state index contributed by atoms with van der Waals surface area (Å²) in [6.45, 7) is 4.72. The lowest BCUT2D eigenvalue weighted by molar-refractivity contribution is 0.198. The second-order valence-corrected chi connectivity index (χ2v) is 3.61. The van der Waals surface area contributed by atoms with Gasteiger partial charge in [0, 0.05) is 25.5 Å². The first-order valence-electron chi connectivity index (χ1n) is 4.58. The second-order valence-electron chi connectivity index (χ2n) is 3.61. The van der Waals surface area contributed by atoms with Crippen molar-refractivity contribution in [1.82, 2.24) is 4.57 Å². The van der Waals surface area contributed by atoms with E-state index in [1.54, 1.807) is 6.92 Å². The van der Waals surface area contributed by atoms with Crippen LogP contribution >= 0.6 is 0 Å². The van der Waals surface area contributed by atoms with E-state index in [2.05, 4.69) is 0 Å². The Morgan fingerprint density at radius 2 is 2.15 bits per heavy atom. The molecule has 0 radical (unpaired) electrons. The lowest BCUT2D eigenvalue weighted by atomic mass is 10.2. The Kier molecular flexibility index (Phi) is 3.51. The topological polar surface area (TPSA) is 45.4 Å². The summed E-state index contributed by atoms with van der Waals surface area (Å²) < 4.78 is 1.99. The van der Waals surface area contributed by atoms with Crippen molar-refractivity contribution < 1.29 is 10.2 Å². The molecule has 0 aromatic carbocycles. The highest BCUT2D eigenvalue weighted by atomic mass is 16.3. The normalized spacial score (nSPS) is 15.7. The zero-order valence-electron chi connectivity index (χ0n) is 8.14. The molecule has 0 bridgehead atoms. The minimum absolute atomic E-state index is 0.197. The first kappa shape index (κ1) is 10.3. The van der Waals surface area contributed by atoms with Gasteiger partial charge in [-0.3, -0.25) is 0 Å². The Bertz CT molecular complexity index is 255. The Labute approximate surface area is 78.6 Å². The molecular formula is C10H17NO2. The molecule has 13 heavy (non-hydrogen) atoms. The molecule has 0 spiro atoms. The first-order valence-corrected chi connectivity index (χ1v) is 4.58. The molecule has 2 unspecified atom stereocenters. The van der Waals surface area contributed by atoms with Crippen molar-refractivity contribution in [2.75, 3.05) is 6.61 Å². The third kappa shape index (κ3) is 2.86. The largest absolute Gasteiger partial charge is 0.396 e. The summed E-state index contributed by atoms with van der Waals surface area (Å²) in [5.74, 6) is 0.259. The Morgan fingerprint density at radius 1 is 1.46 bits per heavy atom. The highest BCUT2D eigenvalue weighted by Gasteiger charge is 2.04. The molecule has 2 atom stereocenters. The van der Waals surface area contributed by atoms with Gasteiger partial charge in [-0.25, -0.2) is 0 Å². The molecule has 0 amide bonds. The summed E-state index contributed by atoms with van der Waals surface area (Å²) in [5, 5.41) is 18.1. The molecule has 74 valence electrons. The lowest BCUT2D eigenvalue weighted by Gasteiger charge is -2.08. The van der Waals surface area contributed by atoms with E-state index < -0.39 is 6.10 Å². The number of hydrogen-bond acceptors (Lipinski definition) is 2. The van der Waals surface area contributed by atoms with Crippen LogP contribution in [0.3, 0.4) is 0 Å². The summed E-state index contributed by atoms with van der Waals surface area (Å²) in [6, 6.07) is 1.90. The van der Waals surface area contributed by atoms with E-state index in [0.29, 0.717) is 0 Å². The molecule has 3 nitrogen and oxygen atoms in total. The minimum atomic E-state index is -0.411. The highest BCUT2D eigenvalue weighted by molar-refractivity contribution is 5.12. The Morgan fingerprint density at radius 3 is 2.62 bits per heavy atom. The van der Waals surface area contributed by atoms with E-state index in [-0.39, 0.29) is 12.5 Å². The van der Waals surface area contributed by atoms with Crippen LogP contribution in [0, 0.1) is 5.92 Å². The third-order valence-electron chi connectivity index (χ3n) is 2.09. The van der Waals surface area contributed by atoms with Crippen LogP contribution in [0.15, 0.2) is 18.5 Å². The van der Waals surface area contributed by atoms with Crippen molar-refractivity contribution in [3.8, 4) is 0 Å². The van der Waals surface area contributed by atoms with Gasteiger partial charge < -0.3 is 14.8 Å². The van der Waals surface area contributed by atoms with Crippen molar-refractivity contribution >= 4 is 0 Å². The van der Waals surface area contributed by atoms with Crippen LogP contribution in [0.2, 0.25) is 0 Å². The maximum atomic E-state index is 9.27. The predicted molar refractivity (Wildman–Crippen MR) is 51.3 cm³/mol. The summed E-state index contributed by atoms with van der Waals surface area (Å²) in [6.07, 6.45) is 3.43. The molecule has 0 aliphatic heterocycles. The van der Waals surface area contributed by atoms with E-state index in [1.807, 2.05) is 30.0 Å². The zero-order valence-corrected chi connectivity index (χ0v) is 8.14. The number of aliphatic hydroxyl groups is 2. The van der Waals surface area contributed by atoms with Gasteiger partial charge in [-0.05, 0) is 24.5 Å². The molecule has 0 aliphatic rings. The van der Waals surface area contributed by atoms with Crippen LogP contribution in [-0.4, -0.2) is 21.4 Å². The summed E-state index contributed by atoms with van der Waals surface area (Å²) in [7, 11) is 0. The van der Waals surface area contributed by atoms with Crippen molar-refractivity contribution in [2.45, 2.75) is 26.5 Å². The van der Waals surface area contributed by atoms with Crippen molar-refractivity contribution in [2.24, 2.45) is 5.92 Å². The SMILES string of the molecule is CC(CO)Cn1ccc(C(C)O)c1. The van der Waals surface area contributed by atoms with Gasteiger partial charge in [-0.15, -0.1) is 0 Å². The van der Waals surface area contributed by atoms with Crippen LogP contribution in [0.25, 0.3) is 0 Å². The monoisotopic (exact) mass is 183 g/mol. The minimum Gasteiger partial charge on any atom is -0.396 e. The Hall–Kier alpha value is -0.800. The molecule has 0 saturated carbocycles. The molecule has 0 aliphatic carbocycles. The molecule has 2 N–H and O–H groups in total. The maximum Gasteiger partial charge on any atom is 0.0776 e. The smallest absolute Gasteiger partial charge is 0.0776 e. The average molecular weight is 183 g/mol. The lowest BCUT2D eigenvalue weighted by Crippen LogP contribution is -2.09. The van der Waals surface area contributed by atoms with Crippen molar-refractivity contribution in [3.63, 3.8) is 0 Å². The van der Waals surface area contributed by atoms with Gasteiger partial charge in [0.15, 0.2) is 0 Å². The van der Waals surface area contributed by atoms with E-state index in [0.717, 1.165) is 12.1 Å². The summed E-state index contributed by atoms with van der Waals surface area (Å²) in [5.41, 5.74) is 0.921. The zero-order chi connectivity index (χ0) is 9.84. The van der Waals surface area contributed by atoms with Gasteiger partial charge in [0.25, 0.3) is 0 Å². The van der Waals surface area contributed by atoms with Gasteiger partial charge in [0.05, 0.1) is 6.10 Å². The average Bonchev–Trinajstić information content (AvgIpc) is 2.52. The Balaban J connectivity index is 2.58. The molecule has 1 aromatic heterocycles. The van der Waals surface area contributed by atoms with E-state index in [9.17, 15) is 5.11 Å². The van der Waals surface area contributed by atoms with Crippen LogP contribution in [-0.2, 0) is 6.54 Å². The molecular weight excluding hydrogens is 166 g/mol. The quantitative estimate of drug-likeness (QED) is 0.736. The maximum absolute atomic E-state index is 9.27. The fourth-order valence-electron chi connectivity index (χ4n) is 1.24. The van der Waals surface area contributed by atoms with Gasteiger partial charge in [0.1, 0.15) is 0 Å². The van der Waals surface area contributed by atoms with Crippen LogP contribution in [0.4, 0.5) is 0 Å². The number of nitrogens with zero attached hydrogens (tertiary/aromatic N) is 1.